The molecule has 0 radical (unpaired) electrons. The van der Waals surface area contributed by atoms with Gasteiger partial charge in [0, 0.05) is 36.9 Å². The molecule has 0 bridgehead atoms. The number of nitrogens with zero attached hydrogens (tertiary/aromatic N) is 1. The average Bonchev–Trinajstić information content (AvgIpc) is 3.61. The second-order valence-electron chi connectivity index (χ2n) is 8.88. The van der Waals surface area contributed by atoms with Gasteiger partial charge >= 0.3 is 0 Å². The Bertz CT molecular complexity index is 1100. The first kappa shape index (κ1) is 23.8. The fraction of sp³-hybridized carbons (Fsp3) is 0.296. The molecule has 0 spiro atoms. The van der Waals surface area contributed by atoms with Crippen LogP contribution in [0.2, 0.25) is 0 Å². The van der Waals surface area contributed by atoms with E-state index < -0.39 is 0 Å². The van der Waals surface area contributed by atoms with Crippen molar-refractivity contribution in [1.82, 2.24) is 15.6 Å². The summed E-state index contributed by atoms with van der Waals surface area (Å²) in [5, 5.41) is 12.2. The quantitative estimate of drug-likeness (QED) is 0.386. The van der Waals surface area contributed by atoms with Crippen LogP contribution in [-0.2, 0) is 0 Å². The maximum Gasteiger partial charge on any atom is 0.257 e. The van der Waals surface area contributed by atoms with Crippen LogP contribution in [0.1, 0.15) is 33.6 Å². The van der Waals surface area contributed by atoms with Gasteiger partial charge in [-0.05, 0) is 80.5 Å². The Morgan fingerprint density at radius 3 is 1.56 bits per heavy atom. The smallest absolute Gasteiger partial charge is 0.257 e. The van der Waals surface area contributed by atoms with Crippen LogP contribution in [0, 0.1) is 0 Å². The molecule has 1 aromatic heterocycles. The van der Waals surface area contributed by atoms with Gasteiger partial charge in [0.25, 0.3) is 11.8 Å². The monoisotopic (exact) mass is 487 g/mol. The number of hydrogen-bond acceptors (Lipinski definition) is 7. The van der Waals surface area contributed by atoms with Crippen LogP contribution in [0.3, 0.4) is 0 Å². The molecule has 2 aliphatic heterocycles. The molecule has 2 atom stereocenters. The van der Waals surface area contributed by atoms with Crippen LogP contribution in [0.4, 0.5) is 11.4 Å². The second-order valence-corrected chi connectivity index (χ2v) is 8.88. The van der Waals surface area contributed by atoms with Crippen molar-refractivity contribution in [2.75, 3.05) is 36.8 Å². The maximum absolute atomic E-state index is 12.7. The Labute approximate surface area is 209 Å². The Morgan fingerprint density at radius 1 is 0.722 bits per heavy atom. The molecule has 4 N–H and O–H groups in total. The number of rotatable bonds is 8. The molecule has 3 aromatic rings. The van der Waals surface area contributed by atoms with Crippen molar-refractivity contribution in [3.8, 4) is 11.5 Å². The average molecular weight is 488 g/mol. The van der Waals surface area contributed by atoms with E-state index in [1.165, 1.54) is 18.5 Å². The van der Waals surface area contributed by atoms with Gasteiger partial charge in [-0.2, -0.15) is 0 Å². The summed E-state index contributed by atoms with van der Waals surface area (Å²) in [6.45, 7) is 3.61. The highest BCUT2D eigenvalue weighted by Gasteiger charge is 2.17. The first-order valence-corrected chi connectivity index (χ1v) is 12.1. The number of carbonyl (C=O) groups excluding carboxylic acids is 2. The molecule has 0 aliphatic carbocycles. The minimum Gasteiger partial charge on any atom is -0.489 e. The zero-order valence-corrected chi connectivity index (χ0v) is 19.8. The van der Waals surface area contributed by atoms with Crippen molar-refractivity contribution < 1.29 is 19.1 Å². The largest absolute Gasteiger partial charge is 0.489 e. The molecule has 186 valence electrons. The van der Waals surface area contributed by atoms with Crippen LogP contribution in [0.25, 0.3) is 0 Å². The predicted molar refractivity (Wildman–Crippen MR) is 137 cm³/mol. The molecule has 3 heterocycles. The molecule has 9 heteroatoms. The molecule has 2 amide bonds. The van der Waals surface area contributed by atoms with E-state index in [1.54, 1.807) is 24.3 Å². The molecule has 2 saturated heterocycles. The van der Waals surface area contributed by atoms with E-state index in [4.69, 9.17) is 9.47 Å². The van der Waals surface area contributed by atoms with Crippen LogP contribution in [-0.4, -0.2) is 55.2 Å². The fourth-order valence-corrected chi connectivity index (χ4v) is 4.17. The summed E-state index contributed by atoms with van der Waals surface area (Å²) in [5.41, 5.74) is 1.83. The molecule has 9 nitrogen and oxygen atoms in total. The molecule has 2 fully saturated rings. The van der Waals surface area contributed by atoms with E-state index in [9.17, 15) is 9.59 Å². The molecule has 0 saturated carbocycles. The van der Waals surface area contributed by atoms with Crippen molar-refractivity contribution in [2.24, 2.45) is 0 Å². The molecular weight excluding hydrogens is 458 g/mol. The molecular formula is C27H29N5O4. The number of pyridine rings is 1. The third-order valence-electron chi connectivity index (χ3n) is 6.12. The zero-order valence-electron chi connectivity index (χ0n) is 19.8. The summed E-state index contributed by atoms with van der Waals surface area (Å²) in [7, 11) is 0. The Hall–Kier alpha value is -3.95. The Balaban J connectivity index is 1.16. The summed E-state index contributed by atoms with van der Waals surface area (Å²) >= 11 is 0. The van der Waals surface area contributed by atoms with Gasteiger partial charge in [0.1, 0.15) is 23.7 Å². The van der Waals surface area contributed by atoms with E-state index in [1.807, 2.05) is 24.3 Å². The normalized spacial score (nSPS) is 19.0. The Morgan fingerprint density at radius 2 is 1.17 bits per heavy atom. The molecule has 2 aromatic carbocycles. The summed E-state index contributed by atoms with van der Waals surface area (Å²) in [6, 6.07) is 16.0. The number of benzene rings is 2. The molecule has 5 rings (SSSR count). The lowest BCUT2D eigenvalue weighted by molar-refractivity contribution is 0.102. The lowest BCUT2D eigenvalue weighted by atomic mass is 10.1. The van der Waals surface area contributed by atoms with E-state index in [0.717, 1.165) is 50.5 Å². The first-order chi connectivity index (χ1) is 17.6. The number of aromatic nitrogens is 1. The maximum atomic E-state index is 12.7. The third-order valence-corrected chi connectivity index (χ3v) is 6.12. The van der Waals surface area contributed by atoms with E-state index >= 15 is 0 Å². The lowest BCUT2D eigenvalue weighted by Crippen LogP contribution is -2.19. The molecule has 36 heavy (non-hydrogen) atoms. The van der Waals surface area contributed by atoms with Gasteiger partial charge in [-0.3, -0.25) is 14.6 Å². The number of anilines is 2. The topological polar surface area (TPSA) is 114 Å². The second kappa shape index (κ2) is 11.2. The minimum absolute atomic E-state index is 0.172. The highest BCUT2D eigenvalue weighted by Crippen LogP contribution is 2.21. The summed E-state index contributed by atoms with van der Waals surface area (Å²) in [5.74, 6) is 0.816. The lowest BCUT2D eigenvalue weighted by Gasteiger charge is -2.13. The highest BCUT2D eigenvalue weighted by molar-refractivity contribution is 6.08. The van der Waals surface area contributed by atoms with E-state index in [0.29, 0.717) is 11.4 Å². The summed E-state index contributed by atoms with van der Waals surface area (Å²) < 4.78 is 11.8. The van der Waals surface area contributed by atoms with Crippen molar-refractivity contribution in [2.45, 2.75) is 25.0 Å². The number of nitrogens with one attached hydrogen (secondary N) is 4. The number of ether oxygens (including phenoxy) is 2. The van der Waals surface area contributed by atoms with Crippen LogP contribution < -0.4 is 30.7 Å². The van der Waals surface area contributed by atoms with E-state index in [2.05, 4.69) is 26.3 Å². The SMILES string of the molecule is O=C(Nc1ccc(O[C@@H]2CCNC2)cc1)c1cncc(C(=O)Nc2ccc(O[C@@H]3CCNC3)cc2)c1. The highest BCUT2D eigenvalue weighted by atomic mass is 16.5. The Kier molecular flexibility index (Phi) is 7.39. The molecule has 2 aliphatic rings. The number of hydrogen-bond donors (Lipinski definition) is 4. The van der Waals surface area contributed by atoms with Crippen LogP contribution in [0.15, 0.2) is 67.0 Å². The van der Waals surface area contributed by atoms with Gasteiger partial charge in [0.2, 0.25) is 0 Å². The van der Waals surface area contributed by atoms with Crippen molar-refractivity contribution >= 4 is 23.2 Å². The standard InChI is InChI=1S/C27H29N5O4/c33-26(31-20-1-5-22(6-2-20)35-24-9-11-28-16-24)18-13-19(15-30-14-18)27(34)32-21-3-7-23(8-4-21)36-25-10-12-29-17-25/h1-8,13-15,24-25,28-29H,9-12,16-17H2,(H,31,33)(H,32,34)/t24-,25-/m1/s1. The van der Waals surface area contributed by atoms with Gasteiger partial charge in [-0.25, -0.2) is 0 Å². The molecule has 0 unspecified atom stereocenters. The fourth-order valence-electron chi connectivity index (χ4n) is 4.17. The van der Waals surface area contributed by atoms with Gasteiger partial charge in [-0.1, -0.05) is 0 Å². The van der Waals surface area contributed by atoms with Gasteiger partial charge in [0.05, 0.1) is 11.1 Å². The van der Waals surface area contributed by atoms with Crippen molar-refractivity contribution in [3.05, 3.63) is 78.1 Å². The zero-order chi connectivity index (χ0) is 24.7. The first-order valence-electron chi connectivity index (χ1n) is 12.1. The van der Waals surface area contributed by atoms with Crippen LogP contribution in [0.5, 0.6) is 11.5 Å². The van der Waals surface area contributed by atoms with Gasteiger partial charge in [0.15, 0.2) is 0 Å². The van der Waals surface area contributed by atoms with Gasteiger partial charge < -0.3 is 30.7 Å². The summed E-state index contributed by atoms with van der Waals surface area (Å²) in [4.78, 5) is 29.6. The van der Waals surface area contributed by atoms with Crippen molar-refractivity contribution in [3.63, 3.8) is 0 Å². The number of carbonyl (C=O) groups is 2. The van der Waals surface area contributed by atoms with Gasteiger partial charge in [-0.15, -0.1) is 0 Å². The minimum atomic E-state index is -0.353. The van der Waals surface area contributed by atoms with E-state index in [-0.39, 0.29) is 35.1 Å². The predicted octanol–water partition coefficient (Wildman–Crippen LogP) is 3.07. The van der Waals surface area contributed by atoms with Crippen LogP contribution >= 0.6 is 0 Å². The number of amides is 2. The van der Waals surface area contributed by atoms with Crippen molar-refractivity contribution in [1.29, 1.82) is 0 Å². The summed E-state index contributed by atoms with van der Waals surface area (Å²) in [6.07, 6.45) is 5.17. The third kappa shape index (κ3) is 6.18.